The number of fused-ring (bicyclic) bond motifs is 2. The number of aromatic nitrogens is 5. The number of likely N-dealkylation sites (tertiary alicyclic amines) is 3. The summed E-state index contributed by atoms with van der Waals surface area (Å²) in [6, 6.07) is 13.5. The molecule has 3 aliphatic rings. The van der Waals surface area contributed by atoms with Gasteiger partial charge in [0.1, 0.15) is 11.9 Å². The van der Waals surface area contributed by atoms with Crippen LogP contribution in [0.1, 0.15) is 86.2 Å². The van der Waals surface area contributed by atoms with Crippen molar-refractivity contribution >= 4 is 33.7 Å². The van der Waals surface area contributed by atoms with Crippen LogP contribution in [0.15, 0.2) is 65.8 Å². The number of aryl methyl sites for hydroxylation is 2. The van der Waals surface area contributed by atoms with Gasteiger partial charge in [-0.1, -0.05) is 31.2 Å². The second kappa shape index (κ2) is 15.8. The lowest BCUT2D eigenvalue weighted by atomic mass is 9.89. The fraction of sp³-hybridized carbons (Fsp3) is 0.500. The van der Waals surface area contributed by atoms with E-state index in [-0.39, 0.29) is 23.4 Å². The number of aromatic amines is 2. The topological polar surface area (TPSA) is 135 Å². The number of imidazole rings is 1. The molecule has 0 bridgehead atoms. The average molecular weight is 732 g/mol. The molecule has 8 rings (SSSR count). The van der Waals surface area contributed by atoms with Crippen molar-refractivity contribution in [2.24, 2.45) is 0 Å². The predicted molar refractivity (Wildman–Crippen MR) is 211 cm³/mol. The first kappa shape index (κ1) is 36.0. The number of hydrogen-bond acceptors (Lipinski definition) is 6. The Hall–Kier alpha value is -4.97. The molecule has 0 spiro atoms. The van der Waals surface area contributed by atoms with Gasteiger partial charge in [-0.25, -0.2) is 9.78 Å². The molecule has 12 nitrogen and oxygen atoms in total. The Morgan fingerprint density at radius 2 is 1.65 bits per heavy atom. The van der Waals surface area contributed by atoms with Crippen LogP contribution in [-0.4, -0.2) is 103 Å². The van der Waals surface area contributed by atoms with Crippen LogP contribution in [0.3, 0.4) is 0 Å². The second-order valence-electron chi connectivity index (χ2n) is 15.7. The first-order valence-corrected chi connectivity index (χ1v) is 20.0. The van der Waals surface area contributed by atoms with E-state index in [1.807, 2.05) is 48.4 Å². The molecule has 0 saturated carbocycles. The van der Waals surface area contributed by atoms with Gasteiger partial charge in [0.2, 0.25) is 5.91 Å². The number of rotatable bonds is 9. The molecule has 6 heterocycles. The van der Waals surface area contributed by atoms with Crippen molar-refractivity contribution in [1.82, 2.24) is 44.7 Å². The number of pyridine rings is 1. The average Bonchev–Trinajstić information content (AvgIpc) is 3.88. The summed E-state index contributed by atoms with van der Waals surface area (Å²) in [5, 5.41) is 12.5. The summed E-state index contributed by atoms with van der Waals surface area (Å²) in [6.07, 6.45) is 12.8. The molecule has 3 amide bonds. The predicted octanol–water partition coefficient (Wildman–Crippen LogP) is 5.69. The first-order valence-electron chi connectivity index (χ1n) is 20.0. The summed E-state index contributed by atoms with van der Waals surface area (Å²) < 4.78 is 2.32. The van der Waals surface area contributed by atoms with Gasteiger partial charge in [-0.3, -0.25) is 14.7 Å². The molecule has 3 aliphatic heterocycles. The van der Waals surface area contributed by atoms with Crippen LogP contribution in [0, 0.1) is 6.92 Å². The Labute approximate surface area is 316 Å². The maximum atomic E-state index is 14.4. The molecule has 12 heteroatoms. The van der Waals surface area contributed by atoms with Gasteiger partial charge in [0, 0.05) is 80.0 Å². The highest BCUT2D eigenvalue weighted by atomic mass is 16.2. The minimum atomic E-state index is -0.693. The van der Waals surface area contributed by atoms with Crippen LogP contribution in [0.25, 0.3) is 21.8 Å². The maximum absolute atomic E-state index is 14.4. The molecular weight excluding hydrogens is 679 g/mol. The highest BCUT2D eigenvalue weighted by Crippen LogP contribution is 2.31. The third-order valence-electron chi connectivity index (χ3n) is 12.2. The highest BCUT2D eigenvalue weighted by molar-refractivity contribution is 5.88. The third-order valence-corrected chi connectivity index (χ3v) is 12.2. The SMILES string of the molecule is CCCn1ccnc1C1CCN(C2CCN(C(=O)C(Cc3cc(C)c4[nH]ncc4c3)NC(=O)N3CCC(c4cc5ccccc5[nH]c4=O)CC3)CC2)CC1. The number of H-pyrrole nitrogens is 2. The number of urea groups is 1. The van der Waals surface area contributed by atoms with Gasteiger partial charge in [0.25, 0.3) is 5.56 Å². The van der Waals surface area contributed by atoms with Gasteiger partial charge in [-0.15, -0.1) is 0 Å². The van der Waals surface area contributed by atoms with Crippen LogP contribution in [0.5, 0.6) is 0 Å². The number of piperidine rings is 3. The minimum absolute atomic E-state index is 0.0224. The van der Waals surface area contributed by atoms with Crippen LogP contribution in [0.2, 0.25) is 0 Å². The standard InChI is InChI=1S/C42H53N9O3/c1-3-15-49-22-14-43-39(49)31-10-16-48(17-11-31)34-12-20-50(21-13-34)41(53)37(25-29-23-28(2)38-33(24-29)27-44-47-38)46-42(54)51-18-8-30(9-19-51)35-26-32-6-4-5-7-36(32)45-40(35)52/h4-7,14,22-24,26-27,30-31,34,37H,3,8-13,15-21,25H2,1-2H3,(H,44,47)(H,45,52)(H,46,54). The van der Waals surface area contributed by atoms with Gasteiger partial charge in [-0.05, 0) is 106 Å². The number of carbonyl (C=O) groups is 2. The van der Waals surface area contributed by atoms with Crippen LogP contribution >= 0.6 is 0 Å². The van der Waals surface area contributed by atoms with Crippen molar-refractivity contribution in [2.45, 2.75) is 95.7 Å². The fourth-order valence-electron chi connectivity index (χ4n) is 9.27. The van der Waals surface area contributed by atoms with Crippen molar-refractivity contribution in [3.05, 3.63) is 93.9 Å². The quantitative estimate of drug-likeness (QED) is 0.178. The summed E-state index contributed by atoms with van der Waals surface area (Å²) in [6.45, 7) is 9.79. The number of benzene rings is 2. The molecule has 54 heavy (non-hydrogen) atoms. The molecule has 1 atom stereocenters. The Morgan fingerprint density at radius 1 is 0.907 bits per heavy atom. The van der Waals surface area contributed by atoms with E-state index in [0.717, 1.165) is 90.2 Å². The third kappa shape index (κ3) is 7.53. The highest BCUT2D eigenvalue weighted by Gasteiger charge is 2.35. The monoisotopic (exact) mass is 731 g/mol. The fourth-order valence-corrected chi connectivity index (χ4v) is 9.27. The maximum Gasteiger partial charge on any atom is 0.318 e. The van der Waals surface area contributed by atoms with Crippen molar-refractivity contribution in [2.75, 3.05) is 39.3 Å². The van der Waals surface area contributed by atoms with Gasteiger partial charge in [0.15, 0.2) is 0 Å². The van der Waals surface area contributed by atoms with Crippen LogP contribution in [-0.2, 0) is 17.8 Å². The molecule has 5 aromatic rings. The molecular formula is C42H53N9O3. The van der Waals surface area contributed by atoms with E-state index in [0.29, 0.717) is 57.4 Å². The number of amides is 3. The largest absolute Gasteiger partial charge is 0.341 e. The number of hydrogen-bond donors (Lipinski definition) is 3. The lowest BCUT2D eigenvalue weighted by Crippen LogP contribution is -2.56. The van der Waals surface area contributed by atoms with Gasteiger partial charge in [-0.2, -0.15) is 5.10 Å². The number of nitrogens with zero attached hydrogens (tertiary/aromatic N) is 6. The lowest BCUT2D eigenvalue weighted by molar-refractivity contribution is -0.135. The molecule has 3 fully saturated rings. The lowest BCUT2D eigenvalue weighted by Gasteiger charge is -2.42. The first-order chi connectivity index (χ1) is 26.3. The van der Waals surface area contributed by atoms with Crippen molar-refractivity contribution in [3.63, 3.8) is 0 Å². The second-order valence-corrected chi connectivity index (χ2v) is 15.7. The molecule has 3 saturated heterocycles. The summed E-state index contributed by atoms with van der Waals surface area (Å²) in [4.78, 5) is 55.4. The van der Waals surface area contributed by atoms with E-state index >= 15 is 0 Å². The normalized spacial score (nSPS) is 18.8. The van der Waals surface area contributed by atoms with E-state index < -0.39 is 6.04 Å². The minimum Gasteiger partial charge on any atom is -0.341 e. The summed E-state index contributed by atoms with van der Waals surface area (Å²) in [5.41, 5.74) is 4.58. The van der Waals surface area contributed by atoms with E-state index in [2.05, 4.69) is 55.2 Å². The summed E-state index contributed by atoms with van der Waals surface area (Å²) >= 11 is 0. The van der Waals surface area contributed by atoms with E-state index in [1.54, 1.807) is 11.1 Å². The zero-order valence-electron chi connectivity index (χ0n) is 31.6. The number of nitrogens with one attached hydrogen (secondary N) is 3. The Bertz CT molecular complexity index is 2150. The summed E-state index contributed by atoms with van der Waals surface area (Å²) in [5.74, 6) is 1.79. The molecule has 3 N–H and O–H groups in total. The van der Waals surface area contributed by atoms with Crippen molar-refractivity contribution in [3.8, 4) is 0 Å². The molecule has 0 aliphatic carbocycles. The van der Waals surface area contributed by atoms with E-state index in [9.17, 15) is 14.4 Å². The molecule has 0 radical (unpaired) electrons. The van der Waals surface area contributed by atoms with E-state index in [1.165, 1.54) is 5.82 Å². The molecule has 284 valence electrons. The Balaban J connectivity index is 0.908. The smallest absolute Gasteiger partial charge is 0.318 e. The van der Waals surface area contributed by atoms with E-state index in [4.69, 9.17) is 4.98 Å². The van der Waals surface area contributed by atoms with Gasteiger partial charge in [0.05, 0.1) is 11.7 Å². The van der Waals surface area contributed by atoms with Crippen LogP contribution < -0.4 is 10.9 Å². The number of carbonyl (C=O) groups excluding carboxylic acids is 2. The zero-order valence-corrected chi connectivity index (χ0v) is 31.6. The van der Waals surface area contributed by atoms with Crippen molar-refractivity contribution < 1.29 is 9.59 Å². The van der Waals surface area contributed by atoms with Gasteiger partial charge < -0.3 is 29.6 Å². The molecule has 3 aromatic heterocycles. The van der Waals surface area contributed by atoms with Crippen LogP contribution in [0.4, 0.5) is 4.79 Å². The van der Waals surface area contributed by atoms with Gasteiger partial charge >= 0.3 is 6.03 Å². The molecule has 2 aromatic carbocycles. The summed E-state index contributed by atoms with van der Waals surface area (Å²) in [7, 11) is 0. The Morgan fingerprint density at radius 3 is 2.43 bits per heavy atom. The number of para-hydroxylation sites is 1. The Kier molecular flexibility index (Phi) is 10.5. The zero-order chi connectivity index (χ0) is 37.2. The van der Waals surface area contributed by atoms with Crippen molar-refractivity contribution in [1.29, 1.82) is 0 Å². The molecule has 1 unspecified atom stereocenters.